The summed E-state index contributed by atoms with van der Waals surface area (Å²) in [5.41, 5.74) is 0. The summed E-state index contributed by atoms with van der Waals surface area (Å²) < 4.78 is 21.5. The highest BCUT2D eigenvalue weighted by molar-refractivity contribution is 6.69. The van der Waals surface area contributed by atoms with Gasteiger partial charge in [-0.15, -0.1) is 11.6 Å². The molecule has 0 amide bonds. The first-order valence-electron chi connectivity index (χ1n) is 5.99. The molecule has 0 aromatic rings. The van der Waals surface area contributed by atoms with E-state index in [0.717, 1.165) is 0 Å². The summed E-state index contributed by atoms with van der Waals surface area (Å²) in [6.07, 6.45) is 0. The van der Waals surface area contributed by atoms with Crippen molar-refractivity contribution < 1.29 is 18.6 Å². The van der Waals surface area contributed by atoms with E-state index in [2.05, 4.69) is 19.6 Å². The van der Waals surface area contributed by atoms with Crippen molar-refractivity contribution in [2.24, 2.45) is 0 Å². The fourth-order valence-corrected chi connectivity index (χ4v) is 1.81. The summed E-state index contributed by atoms with van der Waals surface area (Å²) in [5, 5.41) is 0. The molecule has 0 unspecified atom stereocenters. The van der Waals surface area contributed by atoms with Crippen LogP contribution in [0, 0.1) is 0 Å². The van der Waals surface area contributed by atoms with E-state index in [1.54, 1.807) is 0 Å². The molecule has 0 aliphatic rings. The fourth-order valence-electron chi connectivity index (χ4n) is 1.00. The van der Waals surface area contributed by atoms with Crippen LogP contribution in [0.4, 0.5) is 0 Å². The van der Waals surface area contributed by atoms with E-state index in [-0.39, 0.29) is 0 Å². The summed E-state index contributed by atoms with van der Waals surface area (Å²) in [6.45, 7) is 10.8. The number of hydrogen-bond acceptors (Lipinski definition) is 4. The van der Waals surface area contributed by atoms with Gasteiger partial charge in [0, 0.05) is 5.88 Å². The van der Waals surface area contributed by atoms with Crippen LogP contribution >= 0.6 is 11.6 Å². The lowest BCUT2D eigenvalue weighted by Gasteiger charge is -2.16. The molecular weight excluding hydrogens is 260 g/mol. The van der Waals surface area contributed by atoms with E-state index in [0.29, 0.717) is 52.1 Å². The van der Waals surface area contributed by atoms with Crippen LogP contribution in [0.5, 0.6) is 0 Å². The van der Waals surface area contributed by atoms with Crippen molar-refractivity contribution in [3.8, 4) is 0 Å². The smallest absolute Gasteiger partial charge is 0.183 e. The van der Waals surface area contributed by atoms with Crippen LogP contribution < -0.4 is 0 Å². The Morgan fingerprint density at radius 1 is 0.706 bits per heavy atom. The standard InChI is InChI=1S/C11H25ClO4Si/c1-17(2,3)16-11-10-15-9-8-14-7-6-13-5-4-12/h4-11H2,1-3H3. The van der Waals surface area contributed by atoms with Gasteiger partial charge < -0.3 is 18.6 Å². The Labute approximate surface area is 111 Å². The van der Waals surface area contributed by atoms with Crippen molar-refractivity contribution in [2.75, 3.05) is 52.1 Å². The predicted octanol–water partition coefficient (Wildman–Crippen LogP) is 2.13. The quantitative estimate of drug-likeness (QED) is 0.313. The van der Waals surface area contributed by atoms with Gasteiger partial charge in [-0.3, -0.25) is 0 Å². The molecule has 0 aromatic carbocycles. The fraction of sp³-hybridized carbons (Fsp3) is 1.00. The van der Waals surface area contributed by atoms with Gasteiger partial charge in [0.05, 0.1) is 46.2 Å². The van der Waals surface area contributed by atoms with Crippen molar-refractivity contribution in [2.45, 2.75) is 19.6 Å². The Morgan fingerprint density at radius 3 is 1.53 bits per heavy atom. The molecule has 0 aliphatic heterocycles. The minimum absolute atomic E-state index is 0.528. The van der Waals surface area contributed by atoms with Crippen LogP contribution in [0.25, 0.3) is 0 Å². The third-order valence-electron chi connectivity index (χ3n) is 1.73. The van der Waals surface area contributed by atoms with Crippen molar-refractivity contribution in [3.05, 3.63) is 0 Å². The molecule has 0 N–H and O–H groups in total. The van der Waals surface area contributed by atoms with Crippen LogP contribution in [0.3, 0.4) is 0 Å². The zero-order valence-corrected chi connectivity index (χ0v) is 12.9. The highest BCUT2D eigenvalue weighted by Crippen LogP contribution is 2.01. The van der Waals surface area contributed by atoms with Gasteiger partial charge in [-0.05, 0) is 19.6 Å². The molecule has 0 bridgehead atoms. The summed E-state index contributed by atoms with van der Waals surface area (Å²) in [5.74, 6) is 0.528. The molecule has 0 aromatic heterocycles. The predicted molar refractivity (Wildman–Crippen MR) is 72.5 cm³/mol. The number of hydrogen-bond donors (Lipinski definition) is 0. The first kappa shape index (κ1) is 17.3. The zero-order valence-electron chi connectivity index (χ0n) is 11.2. The Bertz CT molecular complexity index is 164. The maximum Gasteiger partial charge on any atom is 0.183 e. The van der Waals surface area contributed by atoms with E-state index >= 15 is 0 Å². The van der Waals surface area contributed by atoms with Gasteiger partial charge in [-0.1, -0.05) is 0 Å². The third kappa shape index (κ3) is 16.3. The molecule has 6 heteroatoms. The molecule has 4 nitrogen and oxygen atoms in total. The van der Waals surface area contributed by atoms with E-state index in [1.807, 2.05) is 0 Å². The van der Waals surface area contributed by atoms with E-state index in [9.17, 15) is 0 Å². The minimum Gasteiger partial charge on any atom is -0.415 e. The molecule has 17 heavy (non-hydrogen) atoms. The number of halogens is 1. The monoisotopic (exact) mass is 284 g/mol. The lowest BCUT2D eigenvalue weighted by atomic mass is 10.7. The molecule has 0 atom stereocenters. The van der Waals surface area contributed by atoms with E-state index in [1.165, 1.54) is 0 Å². The molecule has 0 radical (unpaired) electrons. The van der Waals surface area contributed by atoms with Crippen LogP contribution in [0.2, 0.25) is 19.6 Å². The van der Waals surface area contributed by atoms with Gasteiger partial charge in [-0.2, -0.15) is 0 Å². The number of rotatable bonds is 12. The number of ether oxygens (including phenoxy) is 3. The van der Waals surface area contributed by atoms with Crippen LogP contribution in [0.1, 0.15) is 0 Å². The SMILES string of the molecule is C[Si](C)(C)OCCOCCOCCOCCCl. The summed E-state index contributed by atoms with van der Waals surface area (Å²) >= 11 is 5.45. The molecule has 104 valence electrons. The van der Waals surface area contributed by atoms with Gasteiger partial charge in [0.1, 0.15) is 0 Å². The second-order valence-electron chi connectivity index (χ2n) is 4.49. The highest BCUT2D eigenvalue weighted by Gasteiger charge is 2.12. The molecule has 0 saturated heterocycles. The first-order valence-corrected chi connectivity index (χ1v) is 9.93. The summed E-state index contributed by atoms with van der Waals surface area (Å²) in [6, 6.07) is 0. The van der Waals surface area contributed by atoms with Crippen molar-refractivity contribution in [1.29, 1.82) is 0 Å². The van der Waals surface area contributed by atoms with Gasteiger partial charge in [0.15, 0.2) is 8.32 Å². The third-order valence-corrected chi connectivity index (χ3v) is 2.95. The highest BCUT2D eigenvalue weighted by atomic mass is 35.5. The van der Waals surface area contributed by atoms with Crippen LogP contribution in [0.15, 0.2) is 0 Å². The number of alkyl halides is 1. The molecule has 0 rings (SSSR count). The Balaban J connectivity index is 2.99. The molecule has 0 aliphatic carbocycles. The Morgan fingerprint density at radius 2 is 1.12 bits per heavy atom. The van der Waals surface area contributed by atoms with Gasteiger partial charge in [0.2, 0.25) is 0 Å². The van der Waals surface area contributed by atoms with Gasteiger partial charge in [-0.25, -0.2) is 0 Å². The molecule has 0 spiro atoms. The second-order valence-corrected chi connectivity index (χ2v) is 9.38. The maximum absolute atomic E-state index is 5.64. The molecule has 0 fully saturated rings. The van der Waals surface area contributed by atoms with Gasteiger partial charge in [0.25, 0.3) is 0 Å². The second kappa shape index (κ2) is 11.4. The van der Waals surface area contributed by atoms with Crippen molar-refractivity contribution in [3.63, 3.8) is 0 Å². The average molecular weight is 285 g/mol. The largest absolute Gasteiger partial charge is 0.415 e. The zero-order chi connectivity index (χ0) is 13.0. The maximum atomic E-state index is 5.64. The topological polar surface area (TPSA) is 36.9 Å². The van der Waals surface area contributed by atoms with Crippen LogP contribution in [-0.4, -0.2) is 60.4 Å². The Kier molecular flexibility index (Phi) is 11.7. The molecule has 0 saturated carbocycles. The minimum atomic E-state index is -1.39. The lowest BCUT2D eigenvalue weighted by Crippen LogP contribution is -2.27. The van der Waals surface area contributed by atoms with Crippen LogP contribution in [-0.2, 0) is 18.6 Å². The summed E-state index contributed by atoms with van der Waals surface area (Å²) in [4.78, 5) is 0. The Hall–Kier alpha value is 0.347. The van der Waals surface area contributed by atoms with Gasteiger partial charge >= 0.3 is 0 Å². The van der Waals surface area contributed by atoms with Crippen molar-refractivity contribution in [1.82, 2.24) is 0 Å². The lowest BCUT2D eigenvalue weighted by molar-refractivity contribution is 0.0112. The molecule has 0 heterocycles. The first-order chi connectivity index (χ1) is 8.06. The van der Waals surface area contributed by atoms with E-state index < -0.39 is 8.32 Å². The normalized spacial score (nSPS) is 12.0. The van der Waals surface area contributed by atoms with Crippen molar-refractivity contribution >= 4 is 19.9 Å². The average Bonchev–Trinajstić information content (AvgIpc) is 2.24. The molecular formula is C11H25ClO4Si. The van der Waals surface area contributed by atoms with E-state index in [4.69, 9.17) is 30.2 Å². The summed E-state index contributed by atoms with van der Waals surface area (Å²) in [7, 11) is -1.39.